The highest BCUT2D eigenvalue weighted by Crippen LogP contribution is 2.45. The minimum absolute atomic E-state index is 0.126. The molecule has 26 heavy (non-hydrogen) atoms. The van der Waals surface area contributed by atoms with Crippen molar-refractivity contribution in [2.24, 2.45) is 0 Å². The van der Waals surface area contributed by atoms with Crippen LogP contribution in [0.1, 0.15) is 50.7 Å². The smallest absolute Gasteiger partial charge is 0.418 e. The summed E-state index contributed by atoms with van der Waals surface area (Å²) in [5, 5.41) is 0. The number of rotatable bonds is 2. The van der Waals surface area contributed by atoms with Gasteiger partial charge in [0.05, 0.1) is 0 Å². The van der Waals surface area contributed by atoms with E-state index in [1.807, 2.05) is 43.0 Å². The third-order valence-corrected chi connectivity index (χ3v) is 6.05. The third-order valence-electron chi connectivity index (χ3n) is 6.05. The van der Waals surface area contributed by atoms with E-state index in [1.165, 1.54) is 0 Å². The van der Waals surface area contributed by atoms with Crippen LogP contribution < -0.4 is 0 Å². The van der Waals surface area contributed by atoms with Crippen molar-refractivity contribution in [3.05, 3.63) is 35.4 Å². The molecule has 2 aliphatic heterocycles. The molecule has 1 spiro atoms. The molecule has 3 amide bonds. The van der Waals surface area contributed by atoms with E-state index >= 15 is 0 Å². The summed E-state index contributed by atoms with van der Waals surface area (Å²) in [6.45, 7) is 3.80. The Balaban J connectivity index is 1.57. The van der Waals surface area contributed by atoms with Gasteiger partial charge in [-0.3, -0.25) is 9.59 Å². The largest absolute Gasteiger partial charge is 0.427 e. The van der Waals surface area contributed by atoms with E-state index in [0.29, 0.717) is 12.8 Å². The maximum absolute atomic E-state index is 13.1. The van der Waals surface area contributed by atoms with E-state index in [4.69, 9.17) is 4.74 Å². The van der Waals surface area contributed by atoms with Crippen LogP contribution in [0.25, 0.3) is 0 Å². The van der Waals surface area contributed by atoms with E-state index in [0.717, 1.165) is 35.3 Å². The lowest BCUT2D eigenvalue weighted by molar-refractivity contribution is -0.144. The Bertz CT molecular complexity index is 767. The van der Waals surface area contributed by atoms with Gasteiger partial charge in [-0.25, -0.2) is 9.69 Å². The van der Waals surface area contributed by atoms with E-state index in [1.54, 1.807) is 0 Å². The molecule has 2 fully saturated rings. The topological polar surface area (TPSA) is 66.9 Å². The molecular formula is C20H24N2O4. The van der Waals surface area contributed by atoms with Crippen molar-refractivity contribution in [3.8, 4) is 0 Å². The zero-order valence-electron chi connectivity index (χ0n) is 15.2. The molecule has 1 aromatic carbocycles. The molecule has 3 atom stereocenters. The molecule has 0 aromatic heterocycles. The maximum atomic E-state index is 13.1. The van der Waals surface area contributed by atoms with Crippen LogP contribution >= 0.6 is 0 Å². The number of likely N-dealkylation sites (tertiary alicyclic amines) is 1. The second-order valence-electron chi connectivity index (χ2n) is 7.67. The summed E-state index contributed by atoms with van der Waals surface area (Å²) in [5.41, 5.74) is 0.542. The lowest BCUT2D eigenvalue weighted by atomic mass is 9.95. The number of carbonyl (C=O) groups excluding carboxylic acids is 3. The van der Waals surface area contributed by atoms with Crippen molar-refractivity contribution in [3.63, 3.8) is 0 Å². The number of fused-ring (bicyclic) bond motifs is 2. The summed E-state index contributed by atoms with van der Waals surface area (Å²) in [4.78, 5) is 41.2. The number of carbonyl (C=O) groups is 3. The predicted octanol–water partition coefficient (Wildman–Crippen LogP) is 2.60. The molecule has 3 aliphatic rings. The molecule has 0 saturated carbocycles. The normalized spacial score (nSPS) is 30.7. The van der Waals surface area contributed by atoms with E-state index in [9.17, 15) is 14.4 Å². The van der Waals surface area contributed by atoms with Gasteiger partial charge < -0.3 is 9.64 Å². The Kier molecular flexibility index (Phi) is 4.01. The van der Waals surface area contributed by atoms with E-state index in [2.05, 4.69) is 0 Å². The Morgan fingerprint density at radius 2 is 1.88 bits per heavy atom. The molecule has 0 unspecified atom stereocenters. The number of aryl methyl sites for hydroxylation is 1. The van der Waals surface area contributed by atoms with Crippen molar-refractivity contribution >= 4 is 17.9 Å². The van der Waals surface area contributed by atoms with Gasteiger partial charge in [0.2, 0.25) is 11.5 Å². The lowest BCUT2D eigenvalue weighted by Gasteiger charge is -2.39. The van der Waals surface area contributed by atoms with E-state index in [-0.39, 0.29) is 24.5 Å². The summed E-state index contributed by atoms with van der Waals surface area (Å²) >= 11 is 0. The summed E-state index contributed by atoms with van der Waals surface area (Å²) in [5.74, 6) is -0.587. The predicted molar refractivity (Wildman–Crippen MR) is 94.3 cm³/mol. The standard InChI is InChI=1S/C20H24N2O4/c1-13-6-5-7-14(2)22(13)17(23)12-21-18(24)20(26-19(21)25)11-10-15-8-3-4-9-16(15)20/h3-4,8-9,13-14H,5-7,10-12H2,1-2H3/t13-,14+,20-/m1/s1. The summed E-state index contributed by atoms with van der Waals surface area (Å²) < 4.78 is 5.57. The van der Waals surface area contributed by atoms with Crippen LogP contribution in [0.4, 0.5) is 4.79 Å². The average Bonchev–Trinajstić information content (AvgIpc) is 3.09. The van der Waals surface area contributed by atoms with Crippen LogP contribution in [0, 0.1) is 0 Å². The number of amides is 3. The molecule has 0 N–H and O–H groups in total. The van der Waals surface area contributed by atoms with Gasteiger partial charge in [-0.1, -0.05) is 24.3 Å². The highest BCUT2D eigenvalue weighted by atomic mass is 16.6. The molecule has 4 rings (SSSR count). The lowest BCUT2D eigenvalue weighted by Crippen LogP contribution is -2.52. The highest BCUT2D eigenvalue weighted by Gasteiger charge is 2.58. The highest BCUT2D eigenvalue weighted by molar-refractivity contribution is 6.06. The fourth-order valence-electron chi connectivity index (χ4n) is 4.72. The quantitative estimate of drug-likeness (QED) is 0.817. The first-order valence-electron chi connectivity index (χ1n) is 9.38. The van der Waals surface area contributed by atoms with Crippen LogP contribution in [0.5, 0.6) is 0 Å². The van der Waals surface area contributed by atoms with Crippen LogP contribution in [0.2, 0.25) is 0 Å². The molecule has 2 heterocycles. The Morgan fingerprint density at radius 1 is 1.19 bits per heavy atom. The Hall–Kier alpha value is -2.37. The zero-order chi connectivity index (χ0) is 18.5. The fourth-order valence-corrected chi connectivity index (χ4v) is 4.72. The van der Waals surface area contributed by atoms with Crippen molar-refractivity contribution < 1.29 is 19.1 Å². The number of nitrogens with zero attached hydrogens (tertiary/aromatic N) is 2. The second-order valence-corrected chi connectivity index (χ2v) is 7.67. The minimum Gasteiger partial charge on any atom is -0.427 e. The molecule has 138 valence electrons. The third kappa shape index (κ3) is 2.42. The maximum Gasteiger partial charge on any atom is 0.418 e. The number of hydrogen-bond acceptors (Lipinski definition) is 4. The molecule has 6 nitrogen and oxygen atoms in total. The van der Waals surface area contributed by atoms with Crippen LogP contribution in [-0.2, 0) is 26.3 Å². The zero-order valence-corrected chi connectivity index (χ0v) is 15.2. The van der Waals surface area contributed by atoms with Crippen molar-refractivity contribution in [1.82, 2.24) is 9.80 Å². The molecule has 6 heteroatoms. The monoisotopic (exact) mass is 356 g/mol. The van der Waals surface area contributed by atoms with Gasteiger partial charge in [-0.05, 0) is 45.1 Å². The molecule has 1 aromatic rings. The minimum atomic E-state index is -1.24. The first-order valence-corrected chi connectivity index (χ1v) is 9.38. The average molecular weight is 356 g/mol. The molecular weight excluding hydrogens is 332 g/mol. The summed E-state index contributed by atoms with van der Waals surface area (Å²) in [7, 11) is 0. The van der Waals surface area contributed by atoms with Gasteiger partial charge >= 0.3 is 6.09 Å². The number of hydrogen-bond donors (Lipinski definition) is 0. The van der Waals surface area contributed by atoms with Crippen LogP contribution in [-0.4, -0.2) is 46.3 Å². The Morgan fingerprint density at radius 3 is 2.62 bits per heavy atom. The van der Waals surface area contributed by atoms with E-state index < -0.39 is 17.6 Å². The molecule has 1 aliphatic carbocycles. The van der Waals surface area contributed by atoms with Crippen molar-refractivity contribution in [2.45, 2.75) is 63.6 Å². The van der Waals surface area contributed by atoms with Gasteiger partial charge in [0.1, 0.15) is 6.54 Å². The van der Waals surface area contributed by atoms with Crippen LogP contribution in [0.15, 0.2) is 24.3 Å². The first kappa shape index (κ1) is 17.1. The van der Waals surface area contributed by atoms with Gasteiger partial charge in [-0.15, -0.1) is 0 Å². The summed E-state index contributed by atoms with van der Waals surface area (Å²) in [6.07, 6.45) is 3.42. The van der Waals surface area contributed by atoms with Crippen LogP contribution in [0.3, 0.4) is 0 Å². The fraction of sp³-hybridized carbons (Fsp3) is 0.550. The van der Waals surface area contributed by atoms with Gasteiger partial charge in [-0.2, -0.15) is 0 Å². The van der Waals surface area contributed by atoms with Crippen molar-refractivity contribution in [2.75, 3.05) is 6.54 Å². The number of imide groups is 1. The SMILES string of the molecule is C[C@@H]1CCC[C@H](C)N1C(=O)CN1C(=O)O[C@@]2(CCc3ccccc32)C1=O. The van der Waals surface area contributed by atoms with Gasteiger partial charge in [0.25, 0.3) is 5.91 Å². The van der Waals surface area contributed by atoms with Gasteiger partial charge in [0.15, 0.2) is 0 Å². The number of ether oxygens (including phenoxy) is 1. The number of benzene rings is 1. The summed E-state index contributed by atoms with van der Waals surface area (Å²) in [6, 6.07) is 7.81. The van der Waals surface area contributed by atoms with Crippen molar-refractivity contribution in [1.29, 1.82) is 0 Å². The number of piperidine rings is 1. The molecule has 0 radical (unpaired) electrons. The second kappa shape index (κ2) is 6.11. The Labute approximate surface area is 153 Å². The first-order chi connectivity index (χ1) is 12.4. The van der Waals surface area contributed by atoms with Gasteiger partial charge in [0, 0.05) is 24.1 Å². The molecule has 0 bridgehead atoms. The molecule has 2 saturated heterocycles.